The minimum atomic E-state index is 0.779. The lowest BCUT2D eigenvalue weighted by atomic mass is 9.98. The second-order valence-corrected chi connectivity index (χ2v) is 5.96. The molecular formula is C15H30N2. The van der Waals surface area contributed by atoms with Crippen molar-refractivity contribution in [2.75, 3.05) is 13.1 Å². The van der Waals surface area contributed by atoms with Crippen molar-refractivity contribution in [1.29, 1.82) is 0 Å². The van der Waals surface area contributed by atoms with Gasteiger partial charge in [-0.05, 0) is 38.0 Å². The van der Waals surface area contributed by atoms with E-state index in [4.69, 9.17) is 0 Å². The molecule has 2 fully saturated rings. The van der Waals surface area contributed by atoms with Crippen molar-refractivity contribution >= 4 is 0 Å². The van der Waals surface area contributed by atoms with E-state index in [9.17, 15) is 0 Å². The van der Waals surface area contributed by atoms with Gasteiger partial charge in [-0.3, -0.25) is 4.90 Å². The molecule has 100 valence electrons. The average molecular weight is 238 g/mol. The Morgan fingerprint density at radius 3 is 2.53 bits per heavy atom. The van der Waals surface area contributed by atoms with Crippen molar-refractivity contribution < 1.29 is 0 Å². The normalized spacial score (nSPS) is 32.6. The first-order chi connectivity index (χ1) is 8.30. The molecule has 3 unspecified atom stereocenters. The van der Waals surface area contributed by atoms with Crippen molar-refractivity contribution in [1.82, 2.24) is 10.2 Å². The van der Waals surface area contributed by atoms with Gasteiger partial charge in [-0.15, -0.1) is 0 Å². The van der Waals surface area contributed by atoms with Crippen LogP contribution in [0.15, 0.2) is 0 Å². The molecule has 0 spiro atoms. The van der Waals surface area contributed by atoms with E-state index in [1.54, 1.807) is 0 Å². The molecule has 0 bridgehead atoms. The number of hydrogen-bond acceptors (Lipinski definition) is 2. The van der Waals surface area contributed by atoms with Crippen LogP contribution in [0, 0.1) is 5.92 Å². The van der Waals surface area contributed by atoms with Crippen molar-refractivity contribution in [2.24, 2.45) is 5.92 Å². The van der Waals surface area contributed by atoms with E-state index in [0.29, 0.717) is 0 Å². The van der Waals surface area contributed by atoms with E-state index in [-0.39, 0.29) is 0 Å². The van der Waals surface area contributed by atoms with Crippen LogP contribution in [0.25, 0.3) is 0 Å². The van der Waals surface area contributed by atoms with Crippen LogP contribution in [0.2, 0.25) is 0 Å². The van der Waals surface area contributed by atoms with Gasteiger partial charge in [-0.2, -0.15) is 0 Å². The molecule has 1 saturated carbocycles. The zero-order chi connectivity index (χ0) is 12.3. The van der Waals surface area contributed by atoms with Crippen LogP contribution in [0.4, 0.5) is 0 Å². The molecule has 2 nitrogen and oxygen atoms in total. The SMILES string of the molecule is CCCC(CC)N1CC(C2CC2)NCC1CC. The van der Waals surface area contributed by atoms with Gasteiger partial charge in [0.25, 0.3) is 0 Å². The molecule has 1 heterocycles. The maximum Gasteiger partial charge on any atom is 0.0224 e. The van der Waals surface area contributed by atoms with E-state index in [1.807, 2.05) is 0 Å². The lowest BCUT2D eigenvalue weighted by Crippen LogP contribution is -2.59. The molecule has 17 heavy (non-hydrogen) atoms. The molecule has 0 aromatic rings. The van der Waals surface area contributed by atoms with E-state index >= 15 is 0 Å². The summed E-state index contributed by atoms with van der Waals surface area (Å²) in [6, 6.07) is 2.40. The summed E-state index contributed by atoms with van der Waals surface area (Å²) >= 11 is 0. The van der Waals surface area contributed by atoms with E-state index in [0.717, 1.165) is 24.0 Å². The summed E-state index contributed by atoms with van der Waals surface area (Å²) in [6.45, 7) is 9.56. The molecule has 2 heteroatoms. The van der Waals surface area contributed by atoms with Gasteiger partial charge in [-0.1, -0.05) is 27.2 Å². The van der Waals surface area contributed by atoms with E-state index in [1.165, 1.54) is 51.6 Å². The standard InChI is InChI=1S/C15H30N2/c1-4-7-13(5-2)17-11-15(12-8-9-12)16-10-14(17)6-3/h12-16H,4-11H2,1-3H3. The predicted octanol–water partition coefficient (Wildman–Crippen LogP) is 3.03. The molecular weight excluding hydrogens is 208 g/mol. The summed E-state index contributed by atoms with van der Waals surface area (Å²) in [5, 5.41) is 3.79. The van der Waals surface area contributed by atoms with Crippen LogP contribution in [0.1, 0.15) is 59.3 Å². The topological polar surface area (TPSA) is 15.3 Å². The lowest BCUT2D eigenvalue weighted by Gasteiger charge is -2.44. The first kappa shape index (κ1) is 13.4. The first-order valence-electron chi connectivity index (χ1n) is 7.79. The Labute approximate surface area is 107 Å². The minimum absolute atomic E-state index is 0.779. The molecule has 1 saturated heterocycles. The summed E-state index contributed by atoms with van der Waals surface area (Å²) in [4.78, 5) is 2.84. The van der Waals surface area contributed by atoms with Crippen molar-refractivity contribution in [3.8, 4) is 0 Å². The zero-order valence-electron chi connectivity index (χ0n) is 11.9. The molecule has 2 rings (SSSR count). The minimum Gasteiger partial charge on any atom is -0.311 e. The third-order valence-corrected chi connectivity index (χ3v) is 4.72. The van der Waals surface area contributed by atoms with Gasteiger partial charge in [-0.25, -0.2) is 0 Å². The maximum absolute atomic E-state index is 3.79. The van der Waals surface area contributed by atoms with Gasteiger partial charge < -0.3 is 5.32 Å². The fourth-order valence-corrected chi connectivity index (χ4v) is 3.42. The van der Waals surface area contributed by atoms with Crippen LogP contribution in [0.5, 0.6) is 0 Å². The second-order valence-electron chi connectivity index (χ2n) is 5.96. The molecule has 1 aliphatic heterocycles. The van der Waals surface area contributed by atoms with Gasteiger partial charge in [0.15, 0.2) is 0 Å². The quantitative estimate of drug-likeness (QED) is 0.765. The maximum atomic E-state index is 3.79. The highest BCUT2D eigenvalue weighted by atomic mass is 15.3. The van der Waals surface area contributed by atoms with Crippen LogP contribution in [-0.4, -0.2) is 36.1 Å². The molecule has 0 radical (unpaired) electrons. The summed E-state index contributed by atoms with van der Waals surface area (Å²) in [5.41, 5.74) is 0. The fraction of sp³-hybridized carbons (Fsp3) is 1.00. The van der Waals surface area contributed by atoms with Gasteiger partial charge in [0.2, 0.25) is 0 Å². The van der Waals surface area contributed by atoms with Gasteiger partial charge >= 0.3 is 0 Å². The van der Waals surface area contributed by atoms with Crippen LogP contribution < -0.4 is 5.32 Å². The Hall–Kier alpha value is -0.0800. The summed E-state index contributed by atoms with van der Waals surface area (Å²) in [5.74, 6) is 0.995. The third-order valence-electron chi connectivity index (χ3n) is 4.72. The Balaban J connectivity index is 1.96. The van der Waals surface area contributed by atoms with Crippen LogP contribution >= 0.6 is 0 Å². The number of nitrogens with one attached hydrogen (secondary N) is 1. The third kappa shape index (κ3) is 3.23. The van der Waals surface area contributed by atoms with Gasteiger partial charge in [0.05, 0.1) is 0 Å². The van der Waals surface area contributed by atoms with Crippen molar-refractivity contribution in [3.05, 3.63) is 0 Å². The lowest BCUT2D eigenvalue weighted by molar-refractivity contribution is 0.0664. The highest BCUT2D eigenvalue weighted by molar-refractivity contribution is 4.95. The average Bonchev–Trinajstić information content (AvgIpc) is 3.19. The van der Waals surface area contributed by atoms with E-state index < -0.39 is 0 Å². The Morgan fingerprint density at radius 1 is 1.24 bits per heavy atom. The van der Waals surface area contributed by atoms with Crippen LogP contribution in [-0.2, 0) is 0 Å². The predicted molar refractivity (Wildman–Crippen MR) is 74.3 cm³/mol. The molecule has 0 aromatic heterocycles. The smallest absolute Gasteiger partial charge is 0.0224 e. The zero-order valence-corrected chi connectivity index (χ0v) is 11.9. The first-order valence-corrected chi connectivity index (χ1v) is 7.79. The second kappa shape index (κ2) is 6.19. The molecule has 1 N–H and O–H groups in total. The van der Waals surface area contributed by atoms with Crippen LogP contribution in [0.3, 0.4) is 0 Å². The fourth-order valence-electron chi connectivity index (χ4n) is 3.42. The largest absolute Gasteiger partial charge is 0.311 e. The Kier molecular flexibility index (Phi) is 4.87. The van der Waals surface area contributed by atoms with Crippen molar-refractivity contribution in [2.45, 2.75) is 77.4 Å². The number of hydrogen-bond donors (Lipinski definition) is 1. The summed E-state index contributed by atoms with van der Waals surface area (Å²) < 4.78 is 0. The molecule has 3 atom stereocenters. The number of piperazine rings is 1. The Bertz CT molecular complexity index is 225. The Morgan fingerprint density at radius 2 is 2.00 bits per heavy atom. The molecule has 0 aromatic carbocycles. The van der Waals surface area contributed by atoms with E-state index in [2.05, 4.69) is 31.0 Å². The highest BCUT2D eigenvalue weighted by Gasteiger charge is 2.38. The number of nitrogens with zero attached hydrogens (tertiary/aromatic N) is 1. The van der Waals surface area contributed by atoms with Gasteiger partial charge in [0, 0.05) is 31.2 Å². The highest BCUT2D eigenvalue weighted by Crippen LogP contribution is 2.35. The summed E-state index contributed by atoms with van der Waals surface area (Å²) in [6.07, 6.45) is 8.25. The van der Waals surface area contributed by atoms with Gasteiger partial charge in [0.1, 0.15) is 0 Å². The summed E-state index contributed by atoms with van der Waals surface area (Å²) in [7, 11) is 0. The number of rotatable bonds is 6. The van der Waals surface area contributed by atoms with Crippen molar-refractivity contribution in [3.63, 3.8) is 0 Å². The molecule has 0 amide bonds. The molecule has 1 aliphatic carbocycles. The molecule has 2 aliphatic rings. The monoisotopic (exact) mass is 238 g/mol.